The van der Waals surface area contributed by atoms with E-state index in [4.69, 9.17) is 21.4 Å². The van der Waals surface area contributed by atoms with Crippen molar-refractivity contribution < 1.29 is 9.84 Å². The molecule has 0 aromatic carbocycles. The fourth-order valence-corrected chi connectivity index (χ4v) is 1.09. The minimum Gasteiger partial charge on any atom is -0.390 e. The Kier molecular flexibility index (Phi) is 1.72. The van der Waals surface area contributed by atoms with Crippen molar-refractivity contribution >= 4 is 11.6 Å². The van der Waals surface area contributed by atoms with Gasteiger partial charge in [0, 0.05) is 0 Å². The second-order valence-corrected chi connectivity index (χ2v) is 3.25. The monoisotopic (exact) mass is 150 g/mol. The summed E-state index contributed by atoms with van der Waals surface area (Å²) >= 11 is 5.70. The number of aliphatic hydroxyl groups is 1. The van der Waals surface area contributed by atoms with Gasteiger partial charge in [0.2, 0.25) is 0 Å². The van der Waals surface area contributed by atoms with Crippen molar-refractivity contribution in [2.45, 2.75) is 37.5 Å². The van der Waals surface area contributed by atoms with Gasteiger partial charge in [0.1, 0.15) is 6.10 Å². The lowest BCUT2D eigenvalue weighted by atomic mass is 10.2. The van der Waals surface area contributed by atoms with Crippen LogP contribution in [0.2, 0.25) is 0 Å². The van der Waals surface area contributed by atoms with Gasteiger partial charge in [-0.1, -0.05) is 18.5 Å². The van der Waals surface area contributed by atoms with E-state index in [1.54, 1.807) is 6.92 Å². The van der Waals surface area contributed by atoms with Crippen molar-refractivity contribution in [3.63, 3.8) is 0 Å². The van der Waals surface area contributed by atoms with Crippen molar-refractivity contribution in [2.24, 2.45) is 0 Å². The fraction of sp³-hybridized carbons (Fsp3) is 1.00. The largest absolute Gasteiger partial charge is 0.390 e. The Balaban J connectivity index is 2.33. The molecule has 1 aliphatic heterocycles. The summed E-state index contributed by atoms with van der Waals surface area (Å²) in [5.74, 6) is 0. The molecule has 0 amide bonds. The molecule has 3 heteroatoms. The number of rotatable bonds is 2. The smallest absolute Gasteiger partial charge is 0.168 e. The maximum absolute atomic E-state index is 9.12. The van der Waals surface area contributed by atoms with E-state index in [2.05, 4.69) is 0 Å². The zero-order valence-electron chi connectivity index (χ0n) is 5.60. The number of hydrogen-bond donors (Lipinski definition) is 1. The van der Waals surface area contributed by atoms with Crippen LogP contribution in [0.1, 0.15) is 20.3 Å². The molecule has 0 saturated carbocycles. The number of aliphatic hydroxyl groups excluding tert-OH is 1. The fourth-order valence-electron chi connectivity index (χ4n) is 0.851. The molecular formula is C6H11ClO2. The van der Waals surface area contributed by atoms with Crippen LogP contribution < -0.4 is 0 Å². The molecule has 0 bridgehead atoms. The van der Waals surface area contributed by atoms with E-state index < -0.39 is 11.2 Å². The molecule has 1 saturated heterocycles. The molecule has 0 radical (unpaired) electrons. The third-order valence-electron chi connectivity index (χ3n) is 1.58. The number of ether oxygens (including phenoxy) is 1. The Morgan fingerprint density at radius 3 is 2.44 bits per heavy atom. The molecule has 1 heterocycles. The molecule has 0 aromatic rings. The highest BCUT2D eigenvalue weighted by molar-refractivity contribution is 6.24. The Hall–Kier alpha value is 0.210. The van der Waals surface area contributed by atoms with E-state index in [-0.39, 0.29) is 6.10 Å². The lowest BCUT2D eigenvalue weighted by Crippen LogP contribution is -2.17. The molecule has 0 spiro atoms. The molecule has 3 unspecified atom stereocenters. The molecule has 0 aliphatic carbocycles. The summed E-state index contributed by atoms with van der Waals surface area (Å²) in [6, 6.07) is 0. The van der Waals surface area contributed by atoms with Crippen LogP contribution in [-0.4, -0.2) is 22.4 Å². The van der Waals surface area contributed by atoms with Gasteiger partial charge in [-0.3, -0.25) is 0 Å². The molecule has 1 aliphatic rings. The summed E-state index contributed by atoms with van der Waals surface area (Å²) in [6.45, 7) is 3.66. The minimum absolute atomic E-state index is 0.149. The van der Waals surface area contributed by atoms with Gasteiger partial charge in [0.25, 0.3) is 0 Å². The van der Waals surface area contributed by atoms with Crippen LogP contribution in [-0.2, 0) is 4.74 Å². The zero-order valence-corrected chi connectivity index (χ0v) is 6.35. The van der Waals surface area contributed by atoms with Gasteiger partial charge in [-0.25, -0.2) is 0 Å². The number of alkyl halides is 1. The standard InChI is InChI=1S/C6H11ClO2/c1-3-4(8)5-6(2,7)9-5/h4-5,8H,3H2,1-2H3. The second kappa shape index (κ2) is 2.11. The van der Waals surface area contributed by atoms with Gasteiger partial charge in [0.15, 0.2) is 5.06 Å². The van der Waals surface area contributed by atoms with Gasteiger partial charge in [-0.2, -0.15) is 0 Å². The highest BCUT2D eigenvalue weighted by atomic mass is 35.5. The minimum atomic E-state index is -0.588. The van der Waals surface area contributed by atoms with Gasteiger partial charge in [-0.05, 0) is 13.3 Å². The van der Waals surface area contributed by atoms with Gasteiger partial charge >= 0.3 is 0 Å². The Labute approximate surface area is 59.8 Å². The van der Waals surface area contributed by atoms with Crippen LogP contribution >= 0.6 is 11.6 Å². The normalized spacial score (nSPS) is 44.7. The van der Waals surface area contributed by atoms with E-state index in [0.29, 0.717) is 6.42 Å². The lowest BCUT2D eigenvalue weighted by molar-refractivity contribution is 0.131. The Morgan fingerprint density at radius 2 is 2.33 bits per heavy atom. The summed E-state index contributed by atoms with van der Waals surface area (Å²) in [5, 5.41) is 8.54. The van der Waals surface area contributed by atoms with Crippen LogP contribution in [0.3, 0.4) is 0 Å². The van der Waals surface area contributed by atoms with E-state index in [0.717, 1.165) is 0 Å². The third-order valence-corrected chi connectivity index (χ3v) is 1.88. The first-order chi connectivity index (χ1) is 4.08. The molecule has 2 nitrogen and oxygen atoms in total. The summed E-state index contributed by atoms with van der Waals surface area (Å²) in [5.41, 5.74) is 0. The van der Waals surface area contributed by atoms with Crippen LogP contribution in [0.5, 0.6) is 0 Å². The summed E-state index contributed by atoms with van der Waals surface area (Å²) in [7, 11) is 0. The Morgan fingerprint density at radius 1 is 1.89 bits per heavy atom. The number of hydrogen-bond acceptors (Lipinski definition) is 2. The molecule has 1 rings (SSSR count). The first-order valence-electron chi connectivity index (χ1n) is 3.12. The first kappa shape index (κ1) is 7.32. The zero-order chi connectivity index (χ0) is 7.07. The molecule has 1 N–H and O–H groups in total. The van der Waals surface area contributed by atoms with E-state index >= 15 is 0 Å². The molecule has 0 aromatic heterocycles. The second-order valence-electron chi connectivity index (χ2n) is 2.50. The number of epoxide rings is 1. The first-order valence-corrected chi connectivity index (χ1v) is 3.50. The number of halogens is 1. The third kappa shape index (κ3) is 1.37. The molecule has 54 valence electrons. The predicted molar refractivity (Wildman–Crippen MR) is 35.4 cm³/mol. The molecular weight excluding hydrogens is 140 g/mol. The summed E-state index contributed by atoms with van der Waals surface area (Å²) in [6.07, 6.45) is 0.157. The SMILES string of the molecule is CCC(O)C1OC1(C)Cl. The summed E-state index contributed by atoms with van der Waals surface area (Å²) < 4.78 is 4.97. The predicted octanol–water partition coefficient (Wildman–Crippen LogP) is 1.11. The average molecular weight is 151 g/mol. The van der Waals surface area contributed by atoms with Crippen LogP contribution in [0.4, 0.5) is 0 Å². The van der Waals surface area contributed by atoms with Gasteiger partial charge in [0.05, 0.1) is 6.10 Å². The van der Waals surface area contributed by atoms with E-state index in [1.807, 2.05) is 6.92 Å². The average Bonchev–Trinajstić information content (AvgIpc) is 2.38. The Bertz CT molecular complexity index is 114. The lowest BCUT2D eigenvalue weighted by Gasteiger charge is -2.01. The molecule has 1 fully saturated rings. The van der Waals surface area contributed by atoms with Crippen molar-refractivity contribution in [3.8, 4) is 0 Å². The summed E-state index contributed by atoms with van der Waals surface area (Å²) in [4.78, 5) is 0. The van der Waals surface area contributed by atoms with E-state index in [9.17, 15) is 0 Å². The van der Waals surface area contributed by atoms with Crippen molar-refractivity contribution in [3.05, 3.63) is 0 Å². The highest BCUT2D eigenvalue weighted by Gasteiger charge is 2.54. The van der Waals surface area contributed by atoms with Crippen molar-refractivity contribution in [2.75, 3.05) is 0 Å². The van der Waals surface area contributed by atoms with Gasteiger partial charge < -0.3 is 9.84 Å². The van der Waals surface area contributed by atoms with Crippen molar-refractivity contribution in [1.29, 1.82) is 0 Å². The van der Waals surface area contributed by atoms with Crippen LogP contribution in [0.15, 0.2) is 0 Å². The topological polar surface area (TPSA) is 32.8 Å². The highest BCUT2D eigenvalue weighted by Crippen LogP contribution is 2.42. The van der Waals surface area contributed by atoms with Gasteiger partial charge in [-0.15, -0.1) is 0 Å². The van der Waals surface area contributed by atoms with E-state index in [1.165, 1.54) is 0 Å². The van der Waals surface area contributed by atoms with Crippen molar-refractivity contribution in [1.82, 2.24) is 0 Å². The molecule has 3 atom stereocenters. The maximum Gasteiger partial charge on any atom is 0.168 e. The molecule has 9 heavy (non-hydrogen) atoms. The van der Waals surface area contributed by atoms with Crippen LogP contribution in [0, 0.1) is 0 Å². The quantitative estimate of drug-likeness (QED) is 0.473. The van der Waals surface area contributed by atoms with Crippen LogP contribution in [0.25, 0.3) is 0 Å². The maximum atomic E-state index is 9.12.